The van der Waals surface area contributed by atoms with Crippen molar-refractivity contribution in [1.82, 2.24) is 14.4 Å². The van der Waals surface area contributed by atoms with Crippen LogP contribution in [-0.4, -0.2) is 47.5 Å². The molecular weight excluding hydrogens is 425 g/mol. The molecule has 0 aliphatic carbocycles. The van der Waals surface area contributed by atoms with E-state index in [9.17, 15) is 14.0 Å². The Morgan fingerprint density at radius 3 is 2.64 bits per heavy atom. The number of pyridine rings is 1. The molecule has 7 nitrogen and oxygen atoms in total. The van der Waals surface area contributed by atoms with E-state index in [2.05, 4.69) is 4.90 Å². The second kappa shape index (κ2) is 9.62. The number of methoxy groups -OCH3 is 1. The molecular formula is C25H28FN3O4. The lowest BCUT2D eigenvalue weighted by Gasteiger charge is -2.26. The Bertz CT molecular complexity index is 1170. The molecule has 1 aromatic carbocycles. The summed E-state index contributed by atoms with van der Waals surface area (Å²) in [6, 6.07) is 11.1. The van der Waals surface area contributed by atoms with E-state index in [0.29, 0.717) is 49.6 Å². The van der Waals surface area contributed by atoms with Gasteiger partial charge in [-0.15, -0.1) is 0 Å². The zero-order valence-corrected chi connectivity index (χ0v) is 19.1. The number of hydrogen-bond acceptors (Lipinski definition) is 5. The molecule has 0 fully saturated rings. The van der Waals surface area contributed by atoms with Crippen LogP contribution in [0.5, 0.6) is 5.75 Å². The second-order valence-corrected chi connectivity index (χ2v) is 8.28. The number of benzene rings is 1. The number of carbonyl (C=O) groups is 1. The van der Waals surface area contributed by atoms with Crippen LogP contribution in [0.4, 0.5) is 4.39 Å². The van der Waals surface area contributed by atoms with Crippen LogP contribution in [0.1, 0.15) is 40.3 Å². The Morgan fingerprint density at radius 1 is 1.21 bits per heavy atom. The van der Waals surface area contributed by atoms with E-state index in [0.717, 1.165) is 5.56 Å². The maximum absolute atomic E-state index is 13.6. The zero-order valence-electron chi connectivity index (χ0n) is 19.1. The molecule has 174 valence electrons. The molecule has 3 aromatic rings. The summed E-state index contributed by atoms with van der Waals surface area (Å²) in [5.41, 5.74) is 1.88. The molecule has 33 heavy (non-hydrogen) atoms. The standard InChI is InChI=1S/C25H28FN3O4/c1-17(21-5-4-14-33-21)27(2)25(31)24-20-10-11-28(16-18-6-8-19(26)9-7-18)12-13-29(20)23(30)15-22(24)32-3/h4-9,14-15,17H,10-13,16H2,1-3H3/t17-/m0/s1. The summed E-state index contributed by atoms with van der Waals surface area (Å²) < 4.78 is 25.9. The highest BCUT2D eigenvalue weighted by molar-refractivity contribution is 5.98. The van der Waals surface area contributed by atoms with E-state index in [4.69, 9.17) is 9.15 Å². The van der Waals surface area contributed by atoms with Gasteiger partial charge in [-0.25, -0.2) is 4.39 Å². The molecule has 3 heterocycles. The fourth-order valence-electron chi connectivity index (χ4n) is 4.26. The summed E-state index contributed by atoms with van der Waals surface area (Å²) in [5, 5.41) is 0. The van der Waals surface area contributed by atoms with Gasteiger partial charge in [0.15, 0.2) is 0 Å². The minimum atomic E-state index is -0.287. The Kier molecular flexibility index (Phi) is 6.65. The molecule has 4 rings (SSSR count). The molecule has 0 radical (unpaired) electrons. The van der Waals surface area contributed by atoms with Gasteiger partial charge in [-0.3, -0.25) is 14.5 Å². The number of nitrogens with zero attached hydrogens (tertiary/aromatic N) is 3. The lowest BCUT2D eigenvalue weighted by Crippen LogP contribution is -2.34. The Morgan fingerprint density at radius 2 is 1.97 bits per heavy atom. The first kappa shape index (κ1) is 22.8. The molecule has 1 atom stereocenters. The van der Waals surface area contributed by atoms with Crippen molar-refractivity contribution in [3.8, 4) is 5.75 Å². The highest BCUT2D eigenvalue weighted by atomic mass is 19.1. The predicted octanol–water partition coefficient (Wildman–Crippen LogP) is 3.48. The molecule has 1 amide bonds. The van der Waals surface area contributed by atoms with Gasteiger partial charge in [0, 0.05) is 51.4 Å². The number of aromatic nitrogens is 1. The molecule has 1 aliphatic rings. The van der Waals surface area contributed by atoms with Crippen LogP contribution in [0, 0.1) is 5.82 Å². The van der Waals surface area contributed by atoms with Crippen LogP contribution in [0.3, 0.4) is 0 Å². The third-order valence-electron chi connectivity index (χ3n) is 6.30. The molecule has 2 aromatic heterocycles. The summed E-state index contributed by atoms with van der Waals surface area (Å²) in [6.45, 7) is 4.28. The maximum Gasteiger partial charge on any atom is 0.259 e. The summed E-state index contributed by atoms with van der Waals surface area (Å²) in [5.74, 6) is 0.458. The van der Waals surface area contributed by atoms with Gasteiger partial charge in [0.2, 0.25) is 0 Å². The number of amides is 1. The molecule has 0 bridgehead atoms. The SMILES string of the molecule is COc1cc(=O)n2c(c1C(=O)N(C)[C@@H](C)c1ccco1)CCN(Cc1ccc(F)cc1)CC2. The summed E-state index contributed by atoms with van der Waals surface area (Å²) in [4.78, 5) is 30.3. The number of ether oxygens (including phenoxy) is 1. The van der Waals surface area contributed by atoms with Gasteiger partial charge in [0.25, 0.3) is 11.5 Å². The monoisotopic (exact) mass is 453 g/mol. The zero-order chi connectivity index (χ0) is 23.5. The first-order valence-electron chi connectivity index (χ1n) is 11.0. The molecule has 8 heteroatoms. The number of fused-ring (bicyclic) bond motifs is 1. The lowest BCUT2D eigenvalue weighted by atomic mass is 10.1. The third kappa shape index (κ3) is 4.71. The highest BCUT2D eigenvalue weighted by Crippen LogP contribution is 2.28. The van der Waals surface area contributed by atoms with Crippen LogP contribution in [0.25, 0.3) is 0 Å². The Labute approximate surface area is 192 Å². The van der Waals surface area contributed by atoms with Gasteiger partial charge >= 0.3 is 0 Å². The van der Waals surface area contributed by atoms with E-state index in [-0.39, 0.29) is 29.1 Å². The number of rotatable bonds is 6. The van der Waals surface area contributed by atoms with Crippen LogP contribution < -0.4 is 10.3 Å². The fourth-order valence-corrected chi connectivity index (χ4v) is 4.26. The van der Waals surface area contributed by atoms with E-state index in [1.54, 1.807) is 41.0 Å². The van der Waals surface area contributed by atoms with Gasteiger partial charge in [-0.05, 0) is 36.8 Å². The molecule has 0 saturated heterocycles. The number of halogens is 1. The number of furan rings is 1. The lowest BCUT2D eigenvalue weighted by molar-refractivity contribution is 0.0720. The van der Waals surface area contributed by atoms with Gasteiger partial charge < -0.3 is 18.6 Å². The fraction of sp³-hybridized carbons (Fsp3) is 0.360. The van der Waals surface area contributed by atoms with Crippen molar-refractivity contribution in [1.29, 1.82) is 0 Å². The van der Waals surface area contributed by atoms with Crippen molar-refractivity contribution in [3.05, 3.63) is 87.5 Å². The van der Waals surface area contributed by atoms with Crippen molar-refractivity contribution < 1.29 is 18.3 Å². The third-order valence-corrected chi connectivity index (χ3v) is 6.30. The Hall–Kier alpha value is -3.39. The topological polar surface area (TPSA) is 67.9 Å². The first-order chi connectivity index (χ1) is 15.9. The van der Waals surface area contributed by atoms with Crippen molar-refractivity contribution in [2.24, 2.45) is 0 Å². The van der Waals surface area contributed by atoms with Gasteiger partial charge in [-0.2, -0.15) is 0 Å². The van der Waals surface area contributed by atoms with E-state index in [1.807, 2.05) is 13.0 Å². The summed E-state index contributed by atoms with van der Waals surface area (Å²) in [7, 11) is 3.19. The van der Waals surface area contributed by atoms with E-state index < -0.39 is 0 Å². The molecule has 0 unspecified atom stereocenters. The van der Waals surface area contributed by atoms with Crippen molar-refractivity contribution >= 4 is 5.91 Å². The second-order valence-electron chi connectivity index (χ2n) is 8.28. The Balaban J connectivity index is 1.63. The average molecular weight is 454 g/mol. The van der Waals surface area contributed by atoms with Crippen LogP contribution in [-0.2, 0) is 19.5 Å². The van der Waals surface area contributed by atoms with Gasteiger partial charge in [0.1, 0.15) is 22.9 Å². The van der Waals surface area contributed by atoms with Gasteiger partial charge in [0.05, 0.1) is 19.4 Å². The molecule has 0 saturated carbocycles. The molecule has 0 spiro atoms. The van der Waals surface area contributed by atoms with Gasteiger partial charge in [-0.1, -0.05) is 12.1 Å². The smallest absolute Gasteiger partial charge is 0.259 e. The minimum absolute atomic E-state index is 0.191. The minimum Gasteiger partial charge on any atom is -0.496 e. The quantitative estimate of drug-likeness (QED) is 0.572. The summed E-state index contributed by atoms with van der Waals surface area (Å²) in [6.07, 6.45) is 2.09. The average Bonchev–Trinajstić information content (AvgIpc) is 3.28. The van der Waals surface area contributed by atoms with Crippen molar-refractivity contribution in [2.45, 2.75) is 32.5 Å². The van der Waals surface area contributed by atoms with Crippen LogP contribution >= 0.6 is 0 Å². The van der Waals surface area contributed by atoms with E-state index >= 15 is 0 Å². The van der Waals surface area contributed by atoms with Crippen molar-refractivity contribution in [2.75, 3.05) is 27.2 Å². The summed E-state index contributed by atoms with van der Waals surface area (Å²) >= 11 is 0. The van der Waals surface area contributed by atoms with E-state index in [1.165, 1.54) is 25.3 Å². The number of carbonyl (C=O) groups excluding carboxylic acids is 1. The normalized spacial score (nSPS) is 14.9. The first-order valence-corrected chi connectivity index (χ1v) is 11.0. The highest BCUT2D eigenvalue weighted by Gasteiger charge is 2.29. The largest absolute Gasteiger partial charge is 0.496 e. The van der Waals surface area contributed by atoms with Crippen LogP contribution in [0.2, 0.25) is 0 Å². The predicted molar refractivity (Wildman–Crippen MR) is 122 cm³/mol. The van der Waals surface area contributed by atoms with Crippen LogP contribution in [0.15, 0.2) is 57.9 Å². The molecule has 0 N–H and O–H groups in total. The maximum atomic E-state index is 13.6. The number of hydrogen-bond donors (Lipinski definition) is 0. The van der Waals surface area contributed by atoms with Crippen molar-refractivity contribution in [3.63, 3.8) is 0 Å². The molecule has 1 aliphatic heterocycles.